The van der Waals surface area contributed by atoms with Gasteiger partial charge in [0.2, 0.25) is 11.8 Å². The van der Waals surface area contributed by atoms with Crippen LogP contribution in [0.4, 0.5) is 5.69 Å². The van der Waals surface area contributed by atoms with Gasteiger partial charge in [-0.2, -0.15) is 0 Å². The fraction of sp³-hybridized carbons (Fsp3) is 0.400. The van der Waals surface area contributed by atoms with Crippen LogP contribution >= 0.6 is 0 Å². The largest absolute Gasteiger partial charge is 0.508 e. The number of phenols is 1. The minimum absolute atomic E-state index is 0.00714. The Morgan fingerprint density at radius 1 is 0.759 bits per heavy atom. The topological polar surface area (TPSA) is 105 Å². The summed E-state index contributed by atoms with van der Waals surface area (Å²) in [6, 6.07) is 31.8. The second-order valence-electron chi connectivity index (χ2n) is 16.0. The smallest absolute Gasteiger partial charge is 0.255 e. The van der Waals surface area contributed by atoms with E-state index < -0.39 is 6.04 Å². The minimum atomic E-state index is -0.604. The molecular formula is C45H49N5O4. The number of imide groups is 1. The molecule has 0 saturated carbocycles. The molecule has 0 spiro atoms. The van der Waals surface area contributed by atoms with Crippen molar-refractivity contribution in [2.45, 2.75) is 68.4 Å². The number of amides is 3. The van der Waals surface area contributed by atoms with Gasteiger partial charge < -0.3 is 20.2 Å². The zero-order chi connectivity index (χ0) is 36.8. The SMILES string of the molecule is O=C1CC[C@@H](N2Cc3cc(N4CCN(CC5(c6ccccc6[C@H]6c7ccc(O)cc7CC[C@@H]6c6ccccc6)CCNCC5)CC4)ccc3C2=O)C(=O)N1. The second kappa shape index (κ2) is 14.3. The molecule has 3 fully saturated rings. The number of aromatic hydroxyl groups is 1. The first-order valence-corrected chi connectivity index (χ1v) is 19.8. The van der Waals surface area contributed by atoms with Gasteiger partial charge in [0.15, 0.2) is 0 Å². The van der Waals surface area contributed by atoms with Crippen LogP contribution in [0.2, 0.25) is 0 Å². The summed E-state index contributed by atoms with van der Waals surface area (Å²) >= 11 is 0. The lowest BCUT2D eigenvalue weighted by molar-refractivity contribution is -0.136. The fourth-order valence-electron chi connectivity index (χ4n) is 10.3. The van der Waals surface area contributed by atoms with Crippen molar-refractivity contribution in [1.82, 2.24) is 20.4 Å². The first-order chi connectivity index (χ1) is 26.4. The Morgan fingerprint density at radius 2 is 1.54 bits per heavy atom. The van der Waals surface area contributed by atoms with Crippen molar-refractivity contribution in [3.63, 3.8) is 0 Å². The molecule has 0 bridgehead atoms. The van der Waals surface area contributed by atoms with E-state index in [1.54, 1.807) is 4.90 Å². The van der Waals surface area contributed by atoms with E-state index in [0.29, 0.717) is 30.2 Å². The number of carbonyl (C=O) groups is 3. The quantitative estimate of drug-likeness (QED) is 0.218. The number of hydrogen-bond acceptors (Lipinski definition) is 7. The molecule has 3 N–H and O–H groups in total. The lowest BCUT2D eigenvalue weighted by Gasteiger charge is -2.47. The van der Waals surface area contributed by atoms with E-state index in [1.165, 1.54) is 27.8 Å². The third kappa shape index (κ3) is 6.37. The Morgan fingerprint density at radius 3 is 2.33 bits per heavy atom. The molecule has 278 valence electrons. The van der Waals surface area contributed by atoms with Gasteiger partial charge in [0.05, 0.1) is 0 Å². The highest BCUT2D eigenvalue weighted by molar-refractivity contribution is 6.05. The van der Waals surface area contributed by atoms with E-state index in [9.17, 15) is 19.5 Å². The standard InChI is InChI=1S/C45H49N5O4/c51-34-12-15-36-31(27-34)10-13-35(30-6-2-1-3-7-30)42(36)38-8-4-5-9-39(38)45(18-20-46-21-19-45)29-48-22-24-49(25-23-48)33-11-14-37-32(26-33)28-50(44(37)54)40-16-17-41(52)47-43(40)53/h1-9,11-12,14-15,26-27,35,40,42,46,51H,10,13,16-25,28-29H2,(H,47,52,53)/t35-,40-,42-/m1/s1. The predicted octanol–water partition coefficient (Wildman–Crippen LogP) is 5.46. The van der Waals surface area contributed by atoms with Crippen molar-refractivity contribution in [2.75, 3.05) is 50.7 Å². The van der Waals surface area contributed by atoms with Gasteiger partial charge >= 0.3 is 0 Å². The van der Waals surface area contributed by atoms with Gasteiger partial charge in [-0.05, 0) is 115 Å². The van der Waals surface area contributed by atoms with Gasteiger partial charge in [-0.1, -0.05) is 60.7 Å². The summed E-state index contributed by atoms with van der Waals surface area (Å²) in [5.41, 5.74) is 9.61. The van der Waals surface area contributed by atoms with Crippen LogP contribution in [0.3, 0.4) is 0 Å². The number of piperazine rings is 1. The number of nitrogens with one attached hydrogen (secondary N) is 2. The zero-order valence-corrected chi connectivity index (χ0v) is 30.8. The molecule has 3 saturated heterocycles. The second-order valence-corrected chi connectivity index (χ2v) is 16.0. The normalized spacial score (nSPS) is 24.2. The van der Waals surface area contributed by atoms with Gasteiger partial charge in [0.1, 0.15) is 11.8 Å². The molecule has 9 nitrogen and oxygen atoms in total. The Hall–Kier alpha value is -4.99. The van der Waals surface area contributed by atoms with E-state index in [4.69, 9.17) is 0 Å². The maximum atomic E-state index is 13.3. The molecule has 0 aromatic heterocycles. The molecule has 1 aliphatic carbocycles. The highest BCUT2D eigenvalue weighted by Crippen LogP contribution is 2.50. The highest BCUT2D eigenvalue weighted by Gasteiger charge is 2.42. The zero-order valence-electron chi connectivity index (χ0n) is 30.8. The molecule has 4 heterocycles. The minimum Gasteiger partial charge on any atom is -0.508 e. The number of hydrogen-bond donors (Lipinski definition) is 3. The van der Waals surface area contributed by atoms with E-state index >= 15 is 0 Å². The third-order valence-electron chi connectivity index (χ3n) is 13.0. The van der Waals surface area contributed by atoms with Crippen molar-refractivity contribution in [3.8, 4) is 5.75 Å². The maximum absolute atomic E-state index is 13.3. The number of fused-ring (bicyclic) bond motifs is 2. The van der Waals surface area contributed by atoms with Crippen LogP contribution in [0, 0.1) is 0 Å². The van der Waals surface area contributed by atoms with Gasteiger partial charge in [0, 0.05) is 68.3 Å². The molecule has 4 aliphatic heterocycles. The first-order valence-electron chi connectivity index (χ1n) is 19.8. The summed E-state index contributed by atoms with van der Waals surface area (Å²) in [5, 5.41) is 16.5. The average Bonchev–Trinajstić information content (AvgIpc) is 3.53. The number of aryl methyl sites for hydroxylation is 1. The summed E-state index contributed by atoms with van der Waals surface area (Å²) < 4.78 is 0. The van der Waals surface area contributed by atoms with Crippen molar-refractivity contribution >= 4 is 23.4 Å². The molecule has 0 unspecified atom stereocenters. The summed E-state index contributed by atoms with van der Waals surface area (Å²) in [5.74, 6) is 0.118. The summed E-state index contributed by atoms with van der Waals surface area (Å²) in [4.78, 5) is 44.3. The van der Waals surface area contributed by atoms with Gasteiger partial charge in [-0.3, -0.25) is 24.6 Å². The van der Waals surface area contributed by atoms with Crippen molar-refractivity contribution in [2.24, 2.45) is 0 Å². The summed E-state index contributed by atoms with van der Waals surface area (Å²) in [7, 11) is 0. The molecule has 3 atom stereocenters. The molecule has 3 amide bonds. The van der Waals surface area contributed by atoms with Gasteiger partial charge in [0.25, 0.3) is 5.91 Å². The number of carbonyl (C=O) groups excluding carboxylic acids is 3. The number of rotatable bonds is 7. The van der Waals surface area contributed by atoms with E-state index in [2.05, 4.69) is 93.2 Å². The van der Waals surface area contributed by atoms with Gasteiger partial charge in [-0.25, -0.2) is 0 Å². The molecule has 9 rings (SSSR count). The van der Waals surface area contributed by atoms with Crippen LogP contribution in [0.5, 0.6) is 5.75 Å². The van der Waals surface area contributed by atoms with E-state index in [0.717, 1.165) is 82.7 Å². The number of nitrogens with zero attached hydrogens (tertiary/aromatic N) is 3. The van der Waals surface area contributed by atoms with Crippen LogP contribution < -0.4 is 15.5 Å². The molecule has 0 radical (unpaired) electrons. The number of phenolic OH excluding ortho intramolecular Hbond substituents is 1. The molecule has 5 aliphatic rings. The molecule has 4 aromatic rings. The lowest BCUT2D eigenvalue weighted by Crippen LogP contribution is -2.53. The monoisotopic (exact) mass is 723 g/mol. The summed E-state index contributed by atoms with van der Waals surface area (Å²) in [6.45, 7) is 7.09. The Labute approximate surface area is 317 Å². The van der Waals surface area contributed by atoms with Crippen molar-refractivity contribution < 1.29 is 19.5 Å². The highest BCUT2D eigenvalue weighted by atomic mass is 16.3. The average molecular weight is 724 g/mol. The van der Waals surface area contributed by atoms with Crippen LogP contribution in [0.15, 0.2) is 91.0 Å². The van der Waals surface area contributed by atoms with E-state index in [-0.39, 0.29) is 35.5 Å². The Kier molecular flexibility index (Phi) is 9.23. The van der Waals surface area contributed by atoms with Crippen LogP contribution in [0.25, 0.3) is 0 Å². The first kappa shape index (κ1) is 34.8. The number of benzene rings is 4. The predicted molar refractivity (Wildman–Crippen MR) is 209 cm³/mol. The maximum Gasteiger partial charge on any atom is 0.255 e. The van der Waals surface area contributed by atoms with Crippen LogP contribution in [-0.4, -0.2) is 84.5 Å². The molecule has 54 heavy (non-hydrogen) atoms. The third-order valence-corrected chi connectivity index (χ3v) is 13.0. The van der Waals surface area contributed by atoms with Crippen LogP contribution in [-0.2, 0) is 28.0 Å². The molecule has 4 aromatic carbocycles. The number of anilines is 1. The lowest BCUT2D eigenvalue weighted by atomic mass is 9.64. The fourth-order valence-corrected chi connectivity index (χ4v) is 10.3. The van der Waals surface area contributed by atoms with Gasteiger partial charge in [-0.15, -0.1) is 0 Å². The summed E-state index contributed by atoms with van der Waals surface area (Å²) in [6.07, 6.45) is 4.79. The van der Waals surface area contributed by atoms with E-state index in [1.807, 2.05) is 18.2 Å². The van der Waals surface area contributed by atoms with Crippen molar-refractivity contribution in [3.05, 3.63) is 130 Å². The van der Waals surface area contributed by atoms with Crippen LogP contribution in [0.1, 0.15) is 87.7 Å². The Balaban J connectivity index is 0.957. The van der Waals surface area contributed by atoms with Crippen molar-refractivity contribution in [1.29, 1.82) is 0 Å². The molecular weight excluding hydrogens is 675 g/mol. The molecule has 9 heteroatoms. The Bertz CT molecular complexity index is 2070. The number of piperidine rings is 2.